The van der Waals surface area contributed by atoms with Crippen molar-refractivity contribution in [1.82, 2.24) is 4.98 Å². The van der Waals surface area contributed by atoms with Crippen LogP contribution in [-0.2, 0) is 10.0 Å². The first kappa shape index (κ1) is 10.0. The third-order valence-corrected chi connectivity index (χ3v) is 2.97. The number of rotatable bonds is 2. The van der Waals surface area contributed by atoms with E-state index >= 15 is 0 Å². The molecule has 0 fully saturated rings. The van der Waals surface area contributed by atoms with Gasteiger partial charge in [-0.1, -0.05) is 12.1 Å². The number of hydrogen-bond donors (Lipinski definition) is 2. The summed E-state index contributed by atoms with van der Waals surface area (Å²) in [5, 5.41) is 5.66. The molecule has 0 atom stereocenters. The standard InChI is InChI=1S/C9H10N2O3S/c1-14-8-6-4-2-3-5-7(6)11-9(8)15(10,12)13/h2-5,11H,1H3,(H2,10,12,13). The van der Waals surface area contributed by atoms with Crippen LogP contribution in [0.25, 0.3) is 10.9 Å². The fourth-order valence-electron chi connectivity index (χ4n) is 1.49. The van der Waals surface area contributed by atoms with Gasteiger partial charge in [-0.25, -0.2) is 13.6 Å². The van der Waals surface area contributed by atoms with Gasteiger partial charge in [-0.2, -0.15) is 0 Å². The van der Waals surface area contributed by atoms with Crippen molar-refractivity contribution < 1.29 is 13.2 Å². The molecule has 0 aliphatic rings. The Kier molecular flexibility index (Phi) is 2.17. The van der Waals surface area contributed by atoms with Gasteiger partial charge in [-0.15, -0.1) is 0 Å². The lowest BCUT2D eigenvalue weighted by molar-refractivity contribution is 0.406. The maximum absolute atomic E-state index is 11.2. The molecule has 0 saturated carbocycles. The number of fused-ring (bicyclic) bond motifs is 1. The normalized spacial score (nSPS) is 11.9. The number of para-hydroxylation sites is 1. The lowest BCUT2D eigenvalue weighted by Gasteiger charge is -1.99. The second-order valence-corrected chi connectivity index (χ2v) is 4.58. The van der Waals surface area contributed by atoms with E-state index in [1.54, 1.807) is 24.3 Å². The van der Waals surface area contributed by atoms with Gasteiger partial charge in [0.1, 0.15) is 0 Å². The zero-order valence-corrected chi connectivity index (χ0v) is 8.84. The Morgan fingerprint density at radius 2 is 2.00 bits per heavy atom. The summed E-state index contributed by atoms with van der Waals surface area (Å²) in [6.45, 7) is 0. The van der Waals surface area contributed by atoms with E-state index in [1.165, 1.54) is 7.11 Å². The Balaban J connectivity index is 2.87. The number of nitrogens with two attached hydrogens (primary N) is 1. The molecule has 0 spiro atoms. The van der Waals surface area contributed by atoms with Crippen molar-refractivity contribution in [3.63, 3.8) is 0 Å². The summed E-state index contributed by atoms with van der Waals surface area (Å²) in [5.41, 5.74) is 0.679. The van der Waals surface area contributed by atoms with Crippen LogP contribution in [0.2, 0.25) is 0 Å². The van der Waals surface area contributed by atoms with Crippen molar-refractivity contribution in [2.75, 3.05) is 7.11 Å². The predicted molar refractivity (Wildman–Crippen MR) is 56.2 cm³/mol. The molecule has 3 N–H and O–H groups in total. The minimum Gasteiger partial charge on any atom is -0.493 e. The maximum Gasteiger partial charge on any atom is 0.257 e. The van der Waals surface area contributed by atoms with Crippen molar-refractivity contribution >= 4 is 20.9 Å². The van der Waals surface area contributed by atoms with Crippen molar-refractivity contribution in [2.24, 2.45) is 5.14 Å². The molecule has 0 unspecified atom stereocenters. The summed E-state index contributed by atoms with van der Waals surface area (Å²) in [6, 6.07) is 7.11. The van der Waals surface area contributed by atoms with Gasteiger partial charge in [0.25, 0.3) is 10.0 Å². The van der Waals surface area contributed by atoms with Crippen LogP contribution in [0.4, 0.5) is 0 Å². The summed E-state index contributed by atoms with van der Waals surface area (Å²) < 4.78 is 27.5. The maximum atomic E-state index is 11.2. The quantitative estimate of drug-likeness (QED) is 0.795. The Hall–Kier alpha value is -1.53. The van der Waals surface area contributed by atoms with Crippen LogP contribution in [0.5, 0.6) is 5.75 Å². The molecule has 0 aliphatic heterocycles. The highest BCUT2D eigenvalue weighted by molar-refractivity contribution is 7.89. The summed E-state index contributed by atoms with van der Waals surface area (Å²) in [4.78, 5) is 2.72. The van der Waals surface area contributed by atoms with Crippen molar-refractivity contribution in [2.45, 2.75) is 5.03 Å². The first-order valence-corrected chi connectivity index (χ1v) is 5.76. The minimum absolute atomic E-state index is 0.0915. The molecule has 0 aliphatic carbocycles. The van der Waals surface area contributed by atoms with Crippen molar-refractivity contribution in [3.8, 4) is 5.75 Å². The first-order valence-electron chi connectivity index (χ1n) is 4.21. The van der Waals surface area contributed by atoms with E-state index in [2.05, 4.69) is 4.98 Å². The van der Waals surface area contributed by atoms with E-state index in [-0.39, 0.29) is 10.8 Å². The minimum atomic E-state index is -3.79. The van der Waals surface area contributed by atoms with Gasteiger partial charge in [-0.3, -0.25) is 0 Å². The molecular weight excluding hydrogens is 216 g/mol. The van der Waals surface area contributed by atoms with Gasteiger partial charge in [0.2, 0.25) is 0 Å². The van der Waals surface area contributed by atoms with Crippen molar-refractivity contribution in [3.05, 3.63) is 24.3 Å². The molecule has 15 heavy (non-hydrogen) atoms. The van der Waals surface area contributed by atoms with E-state index in [9.17, 15) is 8.42 Å². The lowest BCUT2D eigenvalue weighted by Crippen LogP contribution is -2.13. The zero-order chi connectivity index (χ0) is 11.1. The number of aromatic amines is 1. The molecule has 0 amide bonds. The average molecular weight is 226 g/mol. The Morgan fingerprint density at radius 1 is 1.33 bits per heavy atom. The number of hydrogen-bond acceptors (Lipinski definition) is 3. The van der Waals surface area contributed by atoms with Crippen LogP contribution in [0.15, 0.2) is 29.3 Å². The molecule has 2 aromatic rings. The van der Waals surface area contributed by atoms with Gasteiger partial charge in [-0.05, 0) is 12.1 Å². The van der Waals surface area contributed by atoms with E-state index in [0.717, 1.165) is 0 Å². The van der Waals surface area contributed by atoms with Gasteiger partial charge in [0.05, 0.1) is 12.6 Å². The van der Waals surface area contributed by atoms with Crippen LogP contribution >= 0.6 is 0 Å². The molecule has 5 nitrogen and oxygen atoms in total. The fourth-order valence-corrected chi connectivity index (χ4v) is 2.20. The average Bonchev–Trinajstić information content (AvgIpc) is 2.55. The topological polar surface area (TPSA) is 85.2 Å². The molecule has 1 aromatic heterocycles. The second-order valence-electron chi connectivity index (χ2n) is 3.08. The van der Waals surface area contributed by atoms with Crippen molar-refractivity contribution in [1.29, 1.82) is 0 Å². The molecule has 1 heterocycles. The van der Waals surface area contributed by atoms with Gasteiger partial charge in [0.15, 0.2) is 10.8 Å². The zero-order valence-electron chi connectivity index (χ0n) is 8.02. The van der Waals surface area contributed by atoms with E-state index in [4.69, 9.17) is 9.88 Å². The van der Waals surface area contributed by atoms with Gasteiger partial charge in [0, 0.05) is 5.39 Å². The second kappa shape index (κ2) is 3.25. The lowest BCUT2D eigenvalue weighted by atomic mass is 10.2. The molecule has 6 heteroatoms. The highest BCUT2D eigenvalue weighted by atomic mass is 32.2. The fraction of sp³-hybridized carbons (Fsp3) is 0.111. The number of sulfonamides is 1. The number of nitrogens with one attached hydrogen (secondary N) is 1. The number of H-pyrrole nitrogens is 1. The molecule has 2 rings (SSSR count). The summed E-state index contributed by atoms with van der Waals surface area (Å²) in [5.74, 6) is 0.258. The number of aromatic nitrogens is 1. The Bertz CT molecular complexity index is 601. The molecular formula is C9H10N2O3S. The smallest absolute Gasteiger partial charge is 0.257 e. The number of methoxy groups -OCH3 is 1. The van der Waals surface area contributed by atoms with Crippen LogP contribution in [-0.4, -0.2) is 20.5 Å². The largest absolute Gasteiger partial charge is 0.493 e. The number of benzene rings is 1. The van der Waals surface area contributed by atoms with E-state index in [0.29, 0.717) is 10.9 Å². The SMILES string of the molecule is COc1c(S(N)(=O)=O)[nH]c2ccccc12. The number of primary sulfonamides is 1. The summed E-state index contributed by atoms with van der Waals surface area (Å²) >= 11 is 0. The third kappa shape index (κ3) is 1.57. The van der Waals surface area contributed by atoms with E-state index in [1.807, 2.05) is 0 Å². The highest BCUT2D eigenvalue weighted by Crippen LogP contribution is 2.31. The Labute approximate surface area is 86.9 Å². The van der Waals surface area contributed by atoms with Gasteiger partial charge >= 0.3 is 0 Å². The van der Waals surface area contributed by atoms with E-state index < -0.39 is 10.0 Å². The molecule has 0 saturated heterocycles. The van der Waals surface area contributed by atoms with Crippen LogP contribution in [0.1, 0.15) is 0 Å². The van der Waals surface area contributed by atoms with Crippen LogP contribution in [0.3, 0.4) is 0 Å². The summed E-state index contributed by atoms with van der Waals surface area (Å²) in [6.07, 6.45) is 0. The van der Waals surface area contributed by atoms with Crippen LogP contribution < -0.4 is 9.88 Å². The molecule has 1 aromatic carbocycles. The monoisotopic (exact) mass is 226 g/mol. The van der Waals surface area contributed by atoms with Crippen LogP contribution in [0, 0.1) is 0 Å². The molecule has 0 bridgehead atoms. The number of ether oxygens (including phenoxy) is 1. The predicted octanol–water partition coefficient (Wildman–Crippen LogP) is 0.824. The molecule has 0 radical (unpaired) electrons. The Morgan fingerprint density at radius 3 is 2.60 bits per heavy atom. The highest BCUT2D eigenvalue weighted by Gasteiger charge is 2.20. The summed E-state index contributed by atoms with van der Waals surface area (Å²) in [7, 11) is -2.38. The van der Waals surface area contributed by atoms with Gasteiger partial charge < -0.3 is 9.72 Å². The molecule has 80 valence electrons. The first-order chi connectivity index (χ1) is 7.04. The third-order valence-electron chi connectivity index (χ3n) is 2.11.